The fourth-order valence-electron chi connectivity index (χ4n) is 3.90. The Morgan fingerprint density at radius 3 is 2.96 bits per heavy atom. The van der Waals surface area contributed by atoms with Gasteiger partial charge in [-0.15, -0.1) is 0 Å². The number of aryl methyl sites for hydroxylation is 1. The quantitative estimate of drug-likeness (QED) is 0.850. The highest BCUT2D eigenvalue weighted by Crippen LogP contribution is 2.29. The van der Waals surface area contributed by atoms with Gasteiger partial charge in [0.2, 0.25) is 0 Å². The summed E-state index contributed by atoms with van der Waals surface area (Å²) in [5.41, 5.74) is 4.95. The molecule has 0 spiro atoms. The van der Waals surface area contributed by atoms with Gasteiger partial charge in [0.1, 0.15) is 6.33 Å². The standard InChI is InChI=1S/C18H22N4O2/c1-12-6-16(13(2)22(12)15-4-3-5-24-10-15)18(23)21-8-14-7-19-11-20-17(14)9-21/h6-7,11,15H,3-5,8-10H2,1-2H3. The molecule has 1 amide bonds. The number of rotatable bonds is 2. The van der Waals surface area contributed by atoms with E-state index in [-0.39, 0.29) is 5.91 Å². The van der Waals surface area contributed by atoms with E-state index in [4.69, 9.17) is 4.74 Å². The number of amides is 1. The van der Waals surface area contributed by atoms with Crippen LogP contribution in [0.25, 0.3) is 0 Å². The van der Waals surface area contributed by atoms with Gasteiger partial charge in [0, 0.05) is 36.3 Å². The maximum Gasteiger partial charge on any atom is 0.256 e. The molecule has 4 heterocycles. The van der Waals surface area contributed by atoms with E-state index in [1.165, 1.54) is 0 Å². The Morgan fingerprint density at radius 2 is 2.21 bits per heavy atom. The van der Waals surface area contributed by atoms with Crippen molar-refractivity contribution in [2.75, 3.05) is 13.2 Å². The van der Waals surface area contributed by atoms with Crippen LogP contribution in [0.2, 0.25) is 0 Å². The summed E-state index contributed by atoms with van der Waals surface area (Å²) >= 11 is 0. The predicted octanol–water partition coefficient (Wildman–Crippen LogP) is 2.40. The van der Waals surface area contributed by atoms with Crippen LogP contribution < -0.4 is 0 Å². The normalized spacial score (nSPS) is 20.2. The van der Waals surface area contributed by atoms with E-state index in [9.17, 15) is 4.79 Å². The van der Waals surface area contributed by atoms with E-state index in [0.717, 1.165) is 54.3 Å². The van der Waals surface area contributed by atoms with Gasteiger partial charge in [-0.2, -0.15) is 0 Å². The first kappa shape index (κ1) is 15.3. The zero-order valence-electron chi connectivity index (χ0n) is 14.2. The van der Waals surface area contributed by atoms with Crippen LogP contribution >= 0.6 is 0 Å². The van der Waals surface area contributed by atoms with Gasteiger partial charge in [-0.3, -0.25) is 4.79 Å². The highest BCUT2D eigenvalue weighted by Gasteiger charge is 2.29. The molecule has 0 aliphatic carbocycles. The van der Waals surface area contributed by atoms with Crippen LogP contribution in [0.15, 0.2) is 18.6 Å². The van der Waals surface area contributed by atoms with E-state index in [1.807, 2.05) is 17.9 Å². The van der Waals surface area contributed by atoms with E-state index < -0.39 is 0 Å². The van der Waals surface area contributed by atoms with Crippen LogP contribution in [0.4, 0.5) is 0 Å². The lowest BCUT2D eigenvalue weighted by Crippen LogP contribution is -2.27. The molecule has 2 aromatic rings. The Kier molecular flexibility index (Phi) is 3.84. The average Bonchev–Trinajstić information content (AvgIpc) is 3.16. The molecular formula is C18H22N4O2. The predicted molar refractivity (Wildman–Crippen MR) is 88.6 cm³/mol. The molecule has 0 aromatic carbocycles. The van der Waals surface area contributed by atoms with Crippen molar-refractivity contribution in [3.63, 3.8) is 0 Å². The fourth-order valence-corrected chi connectivity index (χ4v) is 3.90. The fraction of sp³-hybridized carbons (Fsp3) is 0.500. The molecule has 0 saturated carbocycles. The molecule has 24 heavy (non-hydrogen) atoms. The number of carbonyl (C=O) groups excluding carboxylic acids is 1. The number of carbonyl (C=O) groups is 1. The molecule has 1 fully saturated rings. The molecule has 4 rings (SSSR count). The lowest BCUT2D eigenvalue weighted by Gasteiger charge is -2.26. The van der Waals surface area contributed by atoms with Gasteiger partial charge in [0.15, 0.2) is 0 Å². The minimum Gasteiger partial charge on any atom is -0.379 e. The van der Waals surface area contributed by atoms with Gasteiger partial charge in [-0.25, -0.2) is 9.97 Å². The van der Waals surface area contributed by atoms with Gasteiger partial charge >= 0.3 is 0 Å². The molecule has 1 atom stereocenters. The van der Waals surface area contributed by atoms with Gasteiger partial charge in [0.25, 0.3) is 5.91 Å². The molecule has 0 N–H and O–H groups in total. The third kappa shape index (κ3) is 2.51. The summed E-state index contributed by atoms with van der Waals surface area (Å²) in [5, 5.41) is 0. The summed E-state index contributed by atoms with van der Waals surface area (Å²) in [6, 6.07) is 2.35. The topological polar surface area (TPSA) is 60.2 Å². The van der Waals surface area contributed by atoms with Crippen molar-refractivity contribution >= 4 is 5.91 Å². The number of hydrogen-bond acceptors (Lipinski definition) is 4. The molecule has 6 heteroatoms. The van der Waals surface area contributed by atoms with Gasteiger partial charge < -0.3 is 14.2 Å². The highest BCUT2D eigenvalue weighted by molar-refractivity contribution is 5.96. The van der Waals surface area contributed by atoms with Crippen molar-refractivity contribution in [2.45, 2.75) is 45.8 Å². The Morgan fingerprint density at radius 1 is 1.33 bits per heavy atom. The van der Waals surface area contributed by atoms with Crippen molar-refractivity contribution in [3.8, 4) is 0 Å². The molecule has 6 nitrogen and oxygen atoms in total. The van der Waals surface area contributed by atoms with E-state index in [2.05, 4.69) is 21.5 Å². The second-order valence-corrected chi connectivity index (χ2v) is 6.68. The third-order valence-electron chi connectivity index (χ3n) is 5.09. The summed E-state index contributed by atoms with van der Waals surface area (Å²) in [6.45, 7) is 6.84. The zero-order valence-corrected chi connectivity index (χ0v) is 14.2. The van der Waals surface area contributed by atoms with Crippen LogP contribution in [0.1, 0.15) is 51.9 Å². The largest absolute Gasteiger partial charge is 0.379 e. The van der Waals surface area contributed by atoms with Crippen LogP contribution in [-0.4, -0.2) is 38.6 Å². The van der Waals surface area contributed by atoms with E-state index >= 15 is 0 Å². The number of fused-ring (bicyclic) bond motifs is 1. The number of nitrogens with zero attached hydrogens (tertiary/aromatic N) is 4. The first-order valence-electron chi connectivity index (χ1n) is 8.48. The second kappa shape index (κ2) is 6.02. The van der Waals surface area contributed by atoms with Gasteiger partial charge in [0.05, 0.1) is 30.5 Å². The molecule has 0 bridgehead atoms. The molecule has 2 aliphatic rings. The van der Waals surface area contributed by atoms with Gasteiger partial charge in [-0.1, -0.05) is 0 Å². The zero-order chi connectivity index (χ0) is 16.7. The molecule has 1 saturated heterocycles. The molecule has 2 aliphatic heterocycles. The van der Waals surface area contributed by atoms with Crippen LogP contribution in [0.5, 0.6) is 0 Å². The second-order valence-electron chi connectivity index (χ2n) is 6.68. The van der Waals surface area contributed by atoms with E-state index in [0.29, 0.717) is 19.1 Å². The number of hydrogen-bond donors (Lipinski definition) is 0. The van der Waals surface area contributed by atoms with Gasteiger partial charge in [-0.05, 0) is 32.8 Å². The summed E-state index contributed by atoms with van der Waals surface area (Å²) < 4.78 is 7.90. The Bertz CT molecular complexity index is 752. The summed E-state index contributed by atoms with van der Waals surface area (Å²) in [4.78, 5) is 23.2. The number of aromatic nitrogens is 3. The Balaban J connectivity index is 1.60. The molecule has 0 radical (unpaired) electrons. The maximum absolute atomic E-state index is 13.0. The monoisotopic (exact) mass is 326 g/mol. The van der Waals surface area contributed by atoms with Crippen molar-refractivity contribution in [1.29, 1.82) is 0 Å². The molecule has 1 unspecified atom stereocenters. The summed E-state index contributed by atoms with van der Waals surface area (Å²) in [5.74, 6) is 0.0732. The van der Waals surface area contributed by atoms with E-state index in [1.54, 1.807) is 12.5 Å². The minimum absolute atomic E-state index is 0.0732. The van der Waals surface area contributed by atoms with Crippen LogP contribution in [0, 0.1) is 13.8 Å². The third-order valence-corrected chi connectivity index (χ3v) is 5.09. The highest BCUT2D eigenvalue weighted by atomic mass is 16.5. The number of ether oxygens (including phenoxy) is 1. The van der Waals surface area contributed by atoms with Crippen LogP contribution in [0.3, 0.4) is 0 Å². The summed E-state index contributed by atoms with van der Waals surface area (Å²) in [6.07, 6.45) is 5.53. The lowest BCUT2D eigenvalue weighted by atomic mass is 10.1. The minimum atomic E-state index is 0.0732. The maximum atomic E-state index is 13.0. The first-order chi connectivity index (χ1) is 11.6. The Labute approximate surface area is 141 Å². The van der Waals surface area contributed by atoms with Crippen molar-refractivity contribution < 1.29 is 9.53 Å². The molecule has 2 aromatic heterocycles. The molecular weight excluding hydrogens is 304 g/mol. The molecule has 126 valence electrons. The smallest absolute Gasteiger partial charge is 0.256 e. The van der Waals surface area contributed by atoms with Crippen LogP contribution in [-0.2, 0) is 17.8 Å². The van der Waals surface area contributed by atoms with Crippen molar-refractivity contribution in [2.24, 2.45) is 0 Å². The average molecular weight is 326 g/mol. The lowest BCUT2D eigenvalue weighted by molar-refractivity contribution is 0.0578. The summed E-state index contributed by atoms with van der Waals surface area (Å²) in [7, 11) is 0. The van der Waals surface area contributed by atoms with Crippen molar-refractivity contribution in [3.05, 3.63) is 46.8 Å². The SMILES string of the molecule is Cc1cc(C(=O)N2Cc3cncnc3C2)c(C)n1C1CCCOC1. The van der Waals surface area contributed by atoms with Crippen molar-refractivity contribution in [1.82, 2.24) is 19.4 Å². The first-order valence-corrected chi connectivity index (χ1v) is 8.48. The Hall–Kier alpha value is -2.21.